The lowest BCUT2D eigenvalue weighted by Gasteiger charge is -2.36. The molecule has 2 rings (SSSR count). The summed E-state index contributed by atoms with van der Waals surface area (Å²) in [6.45, 7) is 1.38. The first kappa shape index (κ1) is 15.2. The fourth-order valence-corrected chi connectivity index (χ4v) is 2.60. The van der Waals surface area contributed by atoms with Gasteiger partial charge >= 0.3 is 0 Å². The number of benzene rings is 1. The molecule has 1 heterocycles. The van der Waals surface area contributed by atoms with Crippen molar-refractivity contribution < 1.29 is 9.72 Å². The van der Waals surface area contributed by atoms with Crippen molar-refractivity contribution in [1.29, 1.82) is 0 Å². The van der Waals surface area contributed by atoms with Crippen LogP contribution < -0.4 is 5.73 Å². The molecule has 1 aliphatic rings. The molecule has 2 N–H and O–H groups in total. The van der Waals surface area contributed by atoms with Crippen molar-refractivity contribution in [2.45, 2.75) is 18.9 Å². The smallest absolute Gasteiger partial charge is 0.292 e. The Morgan fingerprint density at radius 2 is 2.19 bits per heavy atom. The van der Waals surface area contributed by atoms with Gasteiger partial charge in [0.05, 0.1) is 4.92 Å². The molecule has 7 nitrogen and oxygen atoms in total. The highest BCUT2D eigenvalue weighted by atomic mass is 16.6. The van der Waals surface area contributed by atoms with Crippen molar-refractivity contribution in [3.8, 4) is 0 Å². The van der Waals surface area contributed by atoms with Crippen LogP contribution in [0.15, 0.2) is 18.2 Å². The Balaban J connectivity index is 2.16. The number of piperidine rings is 1. The standard InChI is InChI=1S/C14H20N4O3/c1-16(2)11-4-3-7-17(9-11)14(19)10-5-6-13(18(20)21)12(15)8-10/h5-6,8,11H,3-4,7,9,15H2,1-2H3. The Morgan fingerprint density at radius 1 is 1.48 bits per heavy atom. The second-order valence-corrected chi connectivity index (χ2v) is 5.54. The first-order valence-electron chi connectivity index (χ1n) is 6.89. The van der Waals surface area contributed by atoms with Gasteiger partial charge in [-0.1, -0.05) is 0 Å². The number of nitro groups is 1. The molecular formula is C14H20N4O3. The van der Waals surface area contributed by atoms with Gasteiger partial charge in [-0.15, -0.1) is 0 Å². The number of likely N-dealkylation sites (tertiary alicyclic amines) is 1. The molecule has 1 aromatic rings. The quantitative estimate of drug-likeness (QED) is 0.515. The summed E-state index contributed by atoms with van der Waals surface area (Å²) >= 11 is 0. The molecule has 1 saturated heterocycles. The van der Waals surface area contributed by atoms with Gasteiger partial charge < -0.3 is 15.5 Å². The number of nitrogen functional groups attached to an aromatic ring is 1. The summed E-state index contributed by atoms with van der Waals surface area (Å²) in [5.74, 6) is -0.122. The summed E-state index contributed by atoms with van der Waals surface area (Å²) in [4.78, 5) is 26.6. The zero-order chi connectivity index (χ0) is 15.6. The number of amides is 1. The summed E-state index contributed by atoms with van der Waals surface area (Å²) in [6, 6.07) is 4.49. The molecule has 21 heavy (non-hydrogen) atoms. The van der Waals surface area contributed by atoms with E-state index < -0.39 is 4.92 Å². The second kappa shape index (κ2) is 6.09. The number of carbonyl (C=O) groups is 1. The number of hydrogen-bond acceptors (Lipinski definition) is 5. The Morgan fingerprint density at radius 3 is 2.76 bits per heavy atom. The van der Waals surface area contributed by atoms with Crippen molar-refractivity contribution >= 4 is 17.3 Å². The summed E-state index contributed by atoms with van der Waals surface area (Å²) in [5.41, 5.74) is 5.90. The SMILES string of the molecule is CN(C)C1CCCN(C(=O)c2ccc([N+](=O)[O-])c(N)c2)C1. The Labute approximate surface area is 123 Å². The fraction of sp³-hybridized carbons (Fsp3) is 0.500. The van der Waals surface area contributed by atoms with Gasteiger partial charge in [0.25, 0.3) is 11.6 Å². The van der Waals surface area contributed by atoms with Crippen LogP contribution in [0.4, 0.5) is 11.4 Å². The van der Waals surface area contributed by atoms with Gasteiger partial charge in [-0.25, -0.2) is 0 Å². The van der Waals surface area contributed by atoms with E-state index in [0.717, 1.165) is 12.8 Å². The Bertz CT molecular complexity index is 559. The predicted molar refractivity (Wildman–Crippen MR) is 80.1 cm³/mol. The number of carbonyl (C=O) groups excluding carboxylic acids is 1. The summed E-state index contributed by atoms with van der Waals surface area (Å²) in [6.07, 6.45) is 2.02. The summed E-state index contributed by atoms with van der Waals surface area (Å²) in [7, 11) is 4.00. The number of nitro benzene ring substituents is 1. The van der Waals surface area contributed by atoms with Crippen LogP contribution in [0.1, 0.15) is 23.2 Å². The molecule has 0 aromatic heterocycles. The monoisotopic (exact) mass is 292 g/mol. The molecule has 0 spiro atoms. The number of anilines is 1. The van der Waals surface area contributed by atoms with Crippen molar-refractivity contribution in [1.82, 2.24) is 9.80 Å². The van der Waals surface area contributed by atoms with E-state index in [-0.39, 0.29) is 17.3 Å². The highest BCUT2D eigenvalue weighted by Gasteiger charge is 2.26. The van der Waals surface area contributed by atoms with Gasteiger partial charge in [0.2, 0.25) is 0 Å². The molecule has 1 unspecified atom stereocenters. The van der Waals surface area contributed by atoms with E-state index >= 15 is 0 Å². The van der Waals surface area contributed by atoms with E-state index in [1.807, 2.05) is 14.1 Å². The van der Waals surface area contributed by atoms with Crippen molar-refractivity contribution in [2.24, 2.45) is 0 Å². The van der Waals surface area contributed by atoms with E-state index in [1.165, 1.54) is 18.2 Å². The lowest BCUT2D eigenvalue weighted by Crippen LogP contribution is -2.47. The van der Waals surface area contributed by atoms with E-state index in [2.05, 4.69) is 4.90 Å². The van der Waals surface area contributed by atoms with Crippen LogP contribution in [-0.4, -0.2) is 53.9 Å². The molecule has 1 fully saturated rings. The van der Waals surface area contributed by atoms with Crippen LogP contribution in [0.3, 0.4) is 0 Å². The predicted octanol–water partition coefficient (Wildman–Crippen LogP) is 1.34. The van der Waals surface area contributed by atoms with Crippen LogP contribution >= 0.6 is 0 Å². The highest BCUT2D eigenvalue weighted by molar-refractivity contribution is 5.95. The molecule has 0 saturated carbocycles. The molecule has 1 aliphatic heterocycles. The zero-order valence-corrected chi connectivity index (χ0v) is 12.3. The molecule has 0 aliphatic carbocycles. The van der Waals surface area contributed by atoms with Crippen molar-refractivity contribution in [3.63, 3.8) is 0 Å². The molecule has 7 heteroatoms. The minimum absolute atomic E-state index is 0.0204. The average Bonchev–Trinajstić information content (AvgIpc) is 2.46. The first-order chi connectivity index (χ1) is 9.90. The highest BCUT2D eigenvalue weighted by Crippen LogP contribution is 2.24. The average molecular weight is 292 g/mol. The topological polar surface area (TPSA) is 92.7 Å². The van der Waals surface area contributed by atoms with Crippen LogP contribution in [0, 0.1) is 10.1 Å². The third-order valence-electron chi connectivity index (χ3n) is 3.89. The molecule has 0 bridgehead atoms. The summed E-state index contributed by atoms with van der Waals surface area (Å²) in [5, 5.41) is 10.7. The minimum Gasteiger partial charge on any atom is -0.393 e. The maximum atomic E-state index is 12.5. The van der Waals surface area contributed by atoms with Crippen LogP contribution in [0.25, 0.3) is 0 Å². The Hall–Kier alpha value is -2.15. The van der Waals surface area contributed by atoms with Crippen LogP contribution in [0.5, 0.6) is 0 Å². The van der Waals surface area contributed by atoms with Crippen molar-refractivity contribution in [2.75, 3.05) is 32.9 Å². The fourth-order valence-electron chi connectivity index (χ4n) is 2.60. The van der Waals surface area contributed by atoms with Gasteiger partial charge in [0.15, 0.2) is 0 Å². The maximum absolute atomic E-state index is 12.5. The van der Waals surface area contributed by atoms with Gasteiger partial charge in [-0.2, -0.15) is 0 Å². The summed E-state index contributed by atoms with van der Waals surface area (Å²) < 4.78 is 0. The molecular weight excluding hydrogens is 272 g/mol. The van der Waals surface area contributed by atoms with Crippen LogP contribution in [-0.2, 0) is 0 Å². The number of likely N-dealkylation sites (N-methyl/N-ethyl adjacent to an activating group) is 1. The number of hydrogen-bond donors (Lipinski definition) is 1. The van der Waals surface area contributed by atoms with Crippen molar-refractivity contribution in [3.05, 3.63) is 33.9 Å². The van der Waals surface area contributed by atoms with E-state index in [1.54, 1.807) is 4.90 Å². The molecule has 0 radical (unpaired) electrons. The molecule has 1 amide bonds. The third-order valence-corrected chi connectivity index (χ3v) is 3.89. The van der Waals surface area contributed by atoms with Gasteiger partial charge in [0.1, 0.15) is 5.69 Å². The van der Waals surface area contributed by atoms with Gasteiger partial charge in [-0.3, -0.25) is 14.9 Å². The second-order valence-electron chi connectivity index (χ2n) is 5.54. The molecule has 1 atom stereocenters. The number of nitrogens with zero attached hydrogens (tertiary/aromatic N) is 3. The van der Waals surface area contributed by atoms with Gasteiger partial charge in [0, 0.05) is 30.8 Å². The molecule has 114 valence electrons. The largest absolute Gasteiger partial charge is 0.393 e. The maximum Gasteiger partial charge on any atom is 0.292 e. The van der Waals surface area contributed by atoms with Gasteiger partial charge in [-0.05, 0) is 39.1 Å². The molecule has 1 aromatic carbocycles. The lowest BCUT2D eigenvalue weighted by atomic mass is 10.0. The van der Waals surface area contributed by atoms with E-state index in [4.69, 9.17) is 5.73 Å². The first-order valence-corrected chi connectivity index (χ1v) is 6.89. The zero-order valence-electron chi connectivity index (χ0n) is 12.3. The third kappa shape index (κ3) is 3.30. The Kier molecular flexibility index (Phi) is 4.42. The number of rotatable bonds is 3. The van der Waals surface area contributed by atoms with E-state index in [9.17, 15) is 14.9 Å². The lowest BCUT2D eigenvalue weighted by molar-refractivity contribution is -0.383. The minimum atomic E-state index is -0.549. The van der Waals surface area contributed by atoms with Crippen LogP contribution in [0.2, 0.25) is 0 Å². The normalized spacial score (nSPS) is 18.8. The van der Waals surface area contributed by atoms with E-state index in [0.29, 0.717) is 24.7 Å². The number of nitrogens with two attached hydrogens (primary N) is 1.